The number of aryl methyl sites for hydroxylation is 1. The zero-order valence-electron chi connectivity index (χ0n) is 9.90. The molecule has 17 heavy (non-hydrogen) atoms. The van der Waals surface area contributed by atoms with Gasteiger partial charge in [-0.05, 0) is 36.1 Å². The lowest BCUT2D eigenvalue weighted by atomic mass is 9.93. The summed E-state index contributed by atoms with van der Waals surface area (Å²) in [7, 11) is 0. The molecule has 0 heterocycles. The molecule has 0 aliphatic heterocycles. The minimum atomic E-state index is -0.870. The van der Waals surface area contributed by atoms with Crippen molar-refractivity contribution >= 4 is 5.97 Å². The van der Waals surface area contributed by atoms with Gasteiger partial charge < -0.3 is 5.11 Å². The highest BCUT2D eigenvalue weighted by atomic mass is 16.4. The second-order valence-corrected chi connectivity index (χ2v) is 4.10. The summed E-state index contributed by atoms with van der Waals surface area (Å²) in [6, 6.07) is 13.4. The van der Waals surface area contributed by atoms with Crippen molar-refractivity contribution in [3.8, 4) is 11.1 Å². The highest BCUT2D eigenvalue weighted by Crippen LogP contribution is 2.27. The van der Waals surface area contributed by atoms with Crippen LogP contribution in [0.3, 0.4) is 0 Å². The number of benzene rings is 2. The SMILES string of the molecule is Cc1ccc(-c2ccccc2)c(C(=O)O)c1C. The third-order valence-electron chi connectivity index (χ3n) is 3.03. The van der Waals surface area contributed by atoms with Crippen LogP contribution in [-0.2, 0) is 0 Å². The lowest BCUT2D eigenvalue weighted by Gasteiger charge is -2.11. The summed E-state index contributed by atoms with van der Waals surface area (Å²) < 4.78 is 0. The second kappa shape index (κ2) is 4.42. The number of rotatable bonds is 2. The molecule has 0 saturated heterocycles. The molecule has 86 valence electrons. The van der Waals surface area contributed by atoms with Crippen molar-refractivity contribution in [2.45, 2.75) is 13.8 Å². The van der Waals surface area contributed by atoms with Crippen LogP contribution in [0, 0.1) is 13.8 Å². The van der Waals surface area contributed by atoms with Crippen molar-refractivity contribution in [2.24, 2.45) is 0 Å². The fourth-order valence-corrected chi connectivity index (χ4v) is 1.95. The number of aromatic carboxylic acids is 1. The van der Waals surface area contributed by atoms with Gasteiger partial charge in [-0.25, -0.2) is 4.79 Å². The summed E-state index contributed by atoms with van der Waals surface area (Å²) in [5.74, 6) is -0.870. The predicted molar refractivity (Wildman–Crippen MR) is 68.3 cm³/mol. The fraction of sp³-hybridized carbons (Fsp3) is 0.133. The van der Waals surface area contributed by atoms with Crippen molar-refractivity contribution in [3.05, 3.63) is 59.2 Å². The Labute approximate surface area is 101 Å². The smallest absolute Gasteiger partial charge is 0.336 e. The molecule has 0 aliphatic carbocycles. The first-order valence-corrected chi connectivity index (χ1v) is 5.50. The van der Waals surface area contributed by atoms with E-state index in [4.69, 9.17) is 0 Å². The lowest BCUT2D eigenvalue weighted by Crippen LogP contribution is -2.04. The third kappa shape index (κ3) is 2.07. The Kier molecular flexibility index (Phi) is 2.96. The van der Waals surface area contributed by atoms with Crippen molar-refractivity contribution in [1.82, 2.24) is 0 Å². The largest absolute Gasteiger partial charge is 0.478 e. The van der Waals surface area contributed by atoms with E-state index in [9.17, 15) is 9.90 Å². The molecule has 0 radical (unpaired) electrons. The average Bonchev–Trinajstić information content (AvgIpc) is 2.33. The first-order valence-electron chi connectivity index (χ1n) is 5.50. The summed E-state index contributed by atoms with van der Waals surface area (Å²) in [6.07, 6.45) is 0. The first-order chi connectivity index (χ1) is 8.11. The standard InChI is InChI=1S/C15H14O2/c1-10-8-9-13(12-6-4-3-5-7-12)14(11(10)2)15(16)17/h3-9H,1-2H3,(H,16,17). The Balaban J connectivity index is 2.71. The van der Waals surface area contributed by atoms with Gasteiger partial charge in [-0.3, -0.25) is 0 Å². The third-order valence-corrected chi connectivity index (χ3v) is 3.03. The van der Waals surface area contributed by atoms with Crippen molar-refractivity contribution in [1.29, 1.82) is 0 Å². The molecule has 2 aromatic rings. The van der Waals surface area contributed by atoms with Gasteiger partial charge in [0.2, 0.25) is 0 Å². The maximum Gasteiger partial charge on any atom is 0.336 e. The van der Waals surface area contributed by atoms with Gasteiger partial charge in [0, 0.05) is 0 Å². The number of carboxylic acids is 1. The molecular weight excluding hydrogens is 212 g/mol. The molecule has 0 aromatic heterocycles. The first kappa shape index (κ1) is 11.4. The topological polar surface area (TPSA) is 37.3 Å². The molecule has 0 fully saturated rings. The number of carboxylic acid groups (broad SMARTS) is 1. The molecule has 0 aliphatic rings. The summed E-state index contributed by atoms with van der Waals surface area (Å²) in [5, 5.41) is 9.33. The summed E-state index contributed by atoms with van der Waals surface area (Å²) in [4.78, 5) is 11.4. The van der Waals surface area contributed by atoms with Gasteiger partial charge >= 0.3 is 5.97 Å². The van der Waals surface area contributed by atoms with Gasteiger partial charge in [0.1, 0.15) is 0 Å². The highest BCUT2D eigenvalue weighted by Gasteiger charge is 2.15. The van der Waals surface area contributed by atoms with Crippen LogP contribution in [0.25, 0.3) is 11.1 Å². The minimum Gasteiger partial charge on any atom is -0.478 e. The second-order valence-electron chi connectivity index (χ2n) is 4.10. The molecule has 0 atom stereocenters. The van der Waals surface area contributed by atoms with Gasteiger partial charge in [-0.1, -0.05) is 42.5 Å². The number of hydrogen-bond acceptors (Lipinski definition) is 1. The van der Waals surface area contributed by atoms with E-state index in [1.807, 2.05) is 56.3 Å². The maximum atomic E-state index is 11.4. The van der Waals surface area contributed by atoms with Gasteiger partial charge in [-0.15, -0.1) is 0 Å². The molecule has 0 saturated carbocycles. The highest BCUT2D eigenvalue weighted by molar-refractivity contribution is 5.97. The van der Waals surface area contributed by atoms with Crippen LogP contribution in [0.15, 0.2) is 42.5 Å². The maximum absolute atomic E-state index is 11.4. The average molecular weight is 226 g/mol. The minimum absolute atomic E-state index is 0.399. The zero-order chi connectivity index (χ0) is 12.4. The molecular formula is C15H14O2. The molecule has 0 bridgehead atoms. The van der Waals surface area contributed by atoms with E-state index in [0.717, 1.165) is 22.3 Å². The molecule has 2 aromatic carbocycles. The summed E-state index contributed by atoms with van der Waals surface area (Å²) in [6.45, 7) is 3.78. The Bertz CT molecular complexity index is 557. The van der Waals surface area contributed by atoms with Crippen LogP contribution in [-0.4, -0.2) is 11.1 Å². The van der Waals surface area contributed by atoms with E-state index in [2.05, 4.69) is 0 Å². The van der Waals surface area contributed by atoms with E-state index in [0.29, 0.717) is 5.56 Å². The fourth-order valence-electron chi connectivity index (χ4n) is 1.95. The Morgan fingerprint density at radius 3 is 2.24 bits per heavy atom. The van der Waals surface area contributed by atoms with Crippen LogP contribution in [0.2, 0.25) is 0 Å². The Morgan fingerprint density at radius 1 is 1.00 bits per heavy atom. The summed E-state index contributed by atoms with van der Waals surface area (Å²) >= 11 is 0. The molecule has 1 N–H and O–H groups in total. The van der Waals surface area contributed by atoms with Gasteiger partial charge in [0.15, 0.2) is 0 Å². The normalized spacial score (nSPS) is 10.2. The summed E-state index contributed by atoms with van der Waals surface area (Å²) in [5.41, 5.74) is 3.95. The zero-order valence-corrected chi connectivity index (χ0v) is 9.90. The molecule has 0 amide bonds. The van der Waals surface area contributed by atoms with Crippen LogP contribution in [0.4, 0.5) is 0 Å². The van der Waals surface area contributed by atoms with E-state index in [1.165, 1.54) is 0 Å². The quantitative estimate of drug-likeness (QED) is 0.848. The van der Waals surface area contributed by atoms with E-state index in [1.54, 1.807) is 0 Å². The molecule has 2 heteroatoms. The number of hydrogen-bond donors (Lipinski definition) is 1. The predicted octanol–water partition coefficient (Wildman–Crippen LogP) is 3.67. The van der Waals surface area contributed by atoms with E-state index < -0.39 is 5.97 Å². The van der Waals surface area contributed by atoms with Crippen LogP contribution < -0.4 is 0 Å². The van der Waals surface area contributed by atoms with Crippen molar-refractivity contribution in [3.63, 3.8) is 0 Å². The molecule has 0 unspecified atom stereocenters. The molecule has 0 spiro atoms. The molecule has 2 rings (SSSR count). The van der Waals surface area contributed by atoms with Crippen LogP contribution >= 0.6 is 0 Å². The van der Waals surface area contributed by atoms with Crippen LogP contribution in [0.1, 0.15) is 21.5 Å². The van der Waals surface area contributed by atoms with E-state index in [-0.39, 0.29) is 0 Å². The van der Waals surface area contributed by atoms with Crippen molar-refractivity contribution < 1.29 is 9.90 Å². The van der Waals surface area contributed by atoms with Gasteiger partial charge in [0.05, 0.1) is 5.56 Å². The van der Waals surface area contributed by atoms with Gasteiger partial charge in [0.25, 0.3) is 0 Å². The van der Waals surface area contributed by atoms with Crippen LogP contribution in [0.5, 0.6) is 0 Å². The Hall–Kier alpha value is -2.09. The lowest BCUT2D eigenvalue weighted by molar-refractivity contribution is 0.0697. The van der Waals surface area contributed by atoms with Gasteiger partial charge in [-0.2, -0.15) is 0 Å². The van der Waals surface area contributed by atoms with E-state index >= 15 is 0 Å². The monoisotopic (exact) mass is 226 g/mol. The molecule has 2 nitrogen and oxygen atoms in total. The Morgan fingerprint density at radius 2 is 1.65 bits per heavy atom. The van der Waals surface area contributed by atoms with Crippen molar-refractivity contribution in [2.75, 3.05) is 0 Å². The number of carbonyl (C=O) groups is 1.